The first-order valence-electron chi connectivity index (χ1n) is 6.41. The van der Waals surface area contributed by atoms with Gasteiger partial charge in [0.2, 0.25) is 0 Å². The number of imidazole rings is 1. The van der Waals surface area contributed by atoms with Crippen molar-refractivity contribution in [2.45, 2.75) is 12.8 Å². The second-order valence-corrected chi connectivity index (χ2v) is 4.96. The fourth-order valence-corrected chi connectivity index (χ4v) is 2.28. The molecule has 0 bridgehead atoms. The van der Waals surface area contributed by atoms with Crippen LogP contribution in [-0.2, 0) is 17.6 Å². The topological polar surface area (TPSA) is 47.1 Å². The minimum absolute atomic E-state index is 0.142. The molecule has 0 aliphatic carbocycles. The predicted octanol–water partition coefficient (Wildman–Crippen LogP) is 2.79. The van der Waals surface area contributed by atoms with Crippen molar-refractivity contribution in [3.63, 3.8) is 0 Å². The molecule has 2 aromatic rings. The van der Waals surface area contributed by atoms with Gasteiger partial charge in [-0.3, -0.25) is 0 Å². The fraction of sp³-hybridized carbons (Fsp3) is 0.333. The Balaban J connectivity index is 2.08. The molecule has 0 radical (unpaired) electrons. The van der Waals surface area contributed by atoms with Gasteiger partial charge in [-0.25, -0.2) is 4.98 Å². The molecule has 106 valence electrons. The molecular weight excluding hydrogens is 272 g/mol. The highest BCUT2D eigenvalue weighted by Gasteiger charge is 2.17. The monoisotopic (exact) mass is 290 g/mol. The number of nitrogens with one attached hydrogen (secondary N) is 1. The molecule has 1 aromatic carbocycles. The van der Waals surface area contributed by atoms with Crippen molar-refractivity contribution in [2.75, 3.05) is 14.2 Å². The Hall–Kier alpha value is -1.88. The number of thiocarbonyl (C=S) groups is 1. The first-order valence-corrected chi connectivity index (χ1v) is 6.81. The molecule has 1 atom stereocenters. The van der Waals surface area contributed by atoms with Crippen LogP contribution in [0, 0.1) is 5.92 Å². The van der Waals surface area contributed by atoms with E-state index in [9.17, 15) is 0 Å². The van der Waals surface area contributed by atoms with Gasteiger partial charge < -0.3 is 14.5 Å². The summed E-state index contributed by atoms with van der Waals surface area (Å²) < 4.78 is 10.4. The first kappa shape index (κ1) is 14.5. The third-order valence-corrected chi connectivity index (χ3v) is 3.70. The summed E-state index contributed by atoms with van der Waals surface area (Å²) in [5, 5.41) is 0.621. The molecule has 20 heavy (non-hydrogen) atoms. The second kappa shape index (κ2) is 7.05. The van der Waals surface area contributed by atoms with Gasteiger partial charge in [0.15, 0.2) is 5.05 Å². The molecule has 4 nitrogen and oxygen atoms in total. The Labute approximate surface area is 124 Å². The highest BCUT2D eigenvalue weighted by Crippen LogP contribution is 2.18. The quantitative estimate of drug-likeness (QED) is 0.831. The van der Waals surface area contributed by atoms with E-state index >= 15 is 0 Å². The molecule has 0 spiro atoms. The van der Waals surface area contributed by atoms with Crippen LogP contribution in [0.15, 0.2) is 36.8 Å². The maximum atomic E-state index is 5.32. The van der Waals surface area contributed by atoms with E-state index in [2.05, 4.69) is 22.1 Å². The van der Waals surface area contributed by atoms with E-state index in [1.165, 1.54) is 5.56 Å². The molecule has 0 saturated carbocycles. The van der Waals surface area contributed by atoms with Crippen molar-refractivity contribution in [2.24, 2.45) is 5.92 Å². The number of H-pyrrole nitrogens is 1. The lowest BCUT2D eigenvalue weighted by Gasteiger charge is -2.16. The summed E-state index contributed by atoms with van der Waals surface area (Å²) in [5.41, 5.74) is 2.26. The van der Waals surface area contributed by atoms with Gasteiger partial charge >= 0.3 is 0 Å². The summed E-state index contributed by atoms with van der Waals surface area (Å²) in [7, 11) is 3.28. The van der Waals surface area contributed by atoms with Crippen LogP contribution in [0.3, 0.4) is 0 Å². The van der Waals surface area contributed by atoms with Gasteiger partial charge in [0.25, 0.3) is 0 Å². The van der Waals surface area contributed by atoms with Crippen molar-refractivity contribution < 1.29 is 9.47 Å². The van der Waals surface area contributed by atoms with Crippen molar-refractivity contribution >= 4 is 17.3 Å². The molecule has 0 saturated heterocycles. The van der Waals surface area contributed by atoms with Crippen LogP contribution < -0.4 is 4.74 Å². The van der Waals surface area contributed by atoms with Gasteiger partial charge in [0.1, 0.15) is 5.75 Å². The smallest absolute Gasteiger partial charge is 0.163 e. The fourth-order valence-electron chi connectivity index (χ4n) is 2.11. The van der Waals surface area contributed by atoms with Crippen LogP contribution in [0.4, 0.5) is 0 Å². The zero-order chi connectivity index (χ0) is 14.4. The molecule has 2 rings (SSSR count). The molecule has 0 amide bonds. The van der Waals surface area contributed by atoms with E-state index in [0.717, 1.165) is 24.3 Å². The number of ether oxygens (including phenoxy) is 2. The van der Waals surface area contributed by atoms with E-state index in [-0.39, 0.29) is 5.92 Å². The number of methoxy groups -OCH3 is 2. The average Bonchev–Trinajstić information content (AvgIpc) is 2.99. The lowest BCUT2D eigenvalue weighted by atomic mass is 9.95. The molecule has 0 aliphatic rings. The van der Waals surface area contributed by atoms with Crippen LogP contribution in [-0.4, -0.2) is 29.2 Å². The van der Waals surface area contributed by atoms with Crippen molar-refractivity contribution in [3.8, 4) is 5.75 Å². The molecule has 0 aliphatic heterocycles. The number of aromatic nitrogens is 2. The molecular formula is C15H18N2O2S. The Morgan fingerprint density at radius 2 is 2.00 bits per heavy atom. The van der Waals surface area contributed by atoms with E-state index in [1.54, 1.807) is 20.5 Å². The highest BCUT2D eigenvalue weighted by atomic mass is 32.1. The Bertz CT molecular complexity index is 538. The second-order valence-electron chi connectivity index (χ2n) is 4.55. The first-order chi connectivity index (χ1) is 9.72. The van der Waals surface area contributed by atoms with E-state index in [1.807, 2.05) is 18.3 Å². The van der Waals surface area contributed by atoms with E-state index in [4.69, 9.17) is 21.7 Å². The predicted molar refractivity (Wildman–Crippen MR) is 82.1 cm³/mol. The van der Waals surface area contributed by atoms with Gasteiger partial charge in [-0.15, -0.1) is 0 Å². The number of rotatable bonds is 6. The van der Waals surface area contributed by atoms with Gasteiger partial charge in [0.05, 0.1) is 20.5 Å². The molecule has 1 N–H and O–H groups in total. The minimum Gasteiger partial charge on any atom is -0.497 e. The normalized spacial score (nSPS) is 11.9. The van der Waals surface area contributed by atoms with Crippen LogP contribution in [0.2, 0.25) is 0 Å². The zero-order valence-corrected chi connectivity index (χ0v) is 12.4. The Morgan fingerprint density at radius 1 is 1.25 bits per heavy atom. The van der Waals surface area contributed by atoms with Gasteiger partial charge in [-0.2, -0.15) is 0 Å². The highest BCUT2D eigenvalue weighted by molar-refractivity contribution is 7.80. The Morgan fingerprint density at radius 3 is 2.55 bits per heavy atom. The number of benzene rings is 1. The summed E-state index contributed by atoms with van der Waals surface area (Å²) in [6.07, 6.45) is 5.11. The third-order valence-electron chi connectivity index (χ3n) is 3.20. The van der Waals surface area contributed by atoms with E-state index in [0.29, 0.717) is 5.05 Å². The minimum atomic E-state index is 0.142. The van der Waals surface area contributed by atoms with Crippen LogP contribution in [0.25, 0.3) is 0 Å². The maximum Gasteiger partial charge on any atom is 0.163 e. The third kappa shape index (κ3) is 3.81. The molecule has 5 heteroatoms. The zero-order valence-electron chi connectivity index (χ0n) is 11.6. The summed E-state index contributed by atoms with van der Waals surface area (Å²) >= 11 is 5.32. The SMILES string of the molecule is COC(=S)C(Cc1ccc(OC)cc1)Cc1cnc[nH]1. The van der Waals surface area contributed by atoms with Crippen LogP contribution >= 0.6 is 12.2 Å². The molecule has 1 heterocycles. The van der Waals surface area contributed by atoms with Crippen LogP contribution in [0.5, 0.6) is 5.75 Å². The standard InChI is InChI=1S/C15H18N2O2S/c1-18-14-5-3-11(4-6-14)7-12(15(20)19-2)8-13-9-16-10-17-13/h3-6,9-10,12H,7-8H2,1-2H3,(H,16,17). The largest absolute Gasteiger partial charge is 0.497 e. The Kier molecular flexibility index (Phi) is 5.12. The van der Waals surface area contributed by atoms with E-state index < -0.39 is 0 Å². The molecule has 1 unspecified atom stereocenters. The molecule has 0 fully saturated rings. The van der Waals surface area contributed by atoms with Gasteiger partial charge in [-0.05, 0) is 36.3 Å². The summed E-state index contributed by atoms with van der Waals surface area (Å²) in [4.78, 5) is 7.14. The lowest BCUT2D eigenvalue weighted by Crippen LogP contribution is -2.19. The van der Waals surface area contributed by atoms with Gasteiger partial charge in [-0.1, -0.05) is 12.1 Å². The van der Waals surface area contributed by atoms with Gasteiger partial charge in [0, 0.05) is 24.2 Å². The number of nitrogens with zero attached hydrogens (tertiary/aromatic N) is 1. The summed E-state index contributed by atoms with van der Waals surface area (Å²) in [6.45, 7) is 0. The lowest BCUT2D eigenvalue weighted by molar-refractivity contribution is 0.375. The average molecular weight is 290 g/mol. The summed E-state index contributed by atoms with van der Waals surface area (Å²) in [5.74, 6) is 0.997. The number of aromatic amines is 1. The number of hydrogen-bond acceptors (Lipinski definition) is 4. The van der Waals surface area contributed by atoms with Crippen molar-refractivity contribution in [3.05, 3.63) is 48.0 Å². The summed E-state index contributed by atoms with van der Waals surface area (Å²) in [6, 6.07) is 8.02. The van der Waals surface area contributed by atoms with Crippen LogP contribution in [0.1, 0.15) is 11.3 Å². The van der Waals surface area contributed by atoms with Crippen molar-refractivity contribution in [1.29, 1.82) is 0 Å². The van der Waals surface area contributed by atoms with Crippen molar-refractivity contribution in [1.82, 2.24) is 9.97 Å². The number of hydrogen-bond donors (Lipinski definition) is 1. The maximum absolute atomic E-state index is 5.32. The molecule has 1 aromatic heterocycles.